The van der Waals surface area contributed by atoms with Crippen LogP contribution in [0.3, 0.4) is 0 Å². The lowest BCUT2D eigenvalue weighted by atomic mass is 9.81. The summed E-state index contributed by atoms with van der Waals surface area (Å²) in [6.07, 6.45) is 3.37. The third-order valence-electron chi connectivity index (χ3n) is 7.81. The van der Waals surface area contributed by atoms with Crippen LogP contribution in [0.1, 0.15) is 48.0 Å². The second-order valence-corrected chi connectivity index (χ2v) is 9.88. The topological polar surface area (TPSA) is 53.1 Å². The Hall–Kier alpha value is -2.86. The second kappa shape index (κ2) is 10.2. The average Bonchev–Trinajstić information content (AvgIpc) is 3.52. The predicted octanol–water partition coefficient (Wildman–Crippen LogP) is 3.64. The lowest BCUT2D eigenvalue weighted by Gasteiger charge is -2.38. The number of rotatable bonds is 6. The van der Waals surface area contributed by atoms with Crippen LogP contribution in [-0.2, 0) is 4.79 Å². The zero-order valence-corrected chi connectivity index (χ0v) is 20.1. The highest BCUT2D eigenvalue weighted by Gasteiger charge is 2.46. The Labute approximate surface area is 202 Å². The number of fused-ring (bicyclic) bond motifs is 1. The van der Waals surface area contributed by atoms with Gasteiger partial charge in [0.25, 0.3) is 5.91 Å². The van der Waals surface area contributed by atoms with Gasteiger partial charge in [-0.05, 0) is 56.1 Å². The number of piperidine rings is 1. The number of carbonyl (C=O) groups is 2. The van der Waals surface area contributed by atoms with Gasteiger partial charge in [-0.1, -0.05) is 36.4 Å². The fraction of sp³-hybridized carbons (Fsp3) is 0.500. The van der Waals surface area contributed by atoms with Crippen LogP contribution in [0.2, 0.25) is 0 Å². The van der Waals surface area contributed by atoms with Gasteiger partial charge < -0.3 is 14.5 Å². The molecular formula is C28H35N3O3. The van der Waals surface area contributed by atoms with E-state index in [2.05, 4.69) is 29.2 Å². The van der Waals surface area contributed by atoms with Crippen LogP contribution < -0.4 is 4.74 Å². The largest absolute Gasteiger partial charge is 0.492 e. The van der Waals surface area contributed by atoms with Crippen molar-refractivity contribution in [2.75, 3.05) is 45.9 Å². The molecule has 3 aliphatic rings. The maximum absolute atomic E-state index is 13.5. The third kappa shape index (κ3) is 4.83. The van der Waals surface area contributed by atoms with Gasteiger partial charge in [0.2, 0.25) is 5.91 Å². The van der Waals surface area contributed by atoms with Gasteiger partial charge in [0.05, 0.1) is 0 Å². The molecule has 180 valence electrons. The molecule has 34 heavy (non-hydrogen) atoms. The van der Waals surface area contributed by atoms with Gasteiger partial charge in [-0.15, -0.1) is 0 Å². The first-order valence-corrected chi connectivity index (χ1v) is 12.7. The van der Waals surface area contributed by atoms with Crippen molar-refractivity contribution in [3.63, 3.8) is 0 Å². The number of benzene rings is 2. The Morgan fingerprint density at radius 3 is 2.53 bits per heavy atom. The summed E-state index contributed by atoms with van der Waals surface area (Å²) in [5, 5.41) is 0. The molecule has 0 unspecified atom stereocenters. The summed E-state index contributed by atoms with van der Waals surface area (Å²) >= 11 is 0. The first-order chi connectivity index (χ1) is 16.6. The van der Waals surface area contributed by atoms with E-state index in [9.17, 15) is 9.59 Å². The Morgan fingerprint density at radius 2 is 1.76 bits per heavy atom. The maximum atomic E-state index is 13.5. The number of nitrogens with zero attached hydrogens (tertiary/aromatic N) is 3. The minimum Gasteiger partial charge on any atom is -0.492 e. The minimum absolute atomic E-state index is 0.0523. The number of carbonyl (C=O) groups excluding carboxylic acids is 2. The number of amides is 2. The fourth-order valence-corrected chi connectivity index (χ4v) is 6.03. The molecular weight excluding hydrogens is 426 g/mol. The van der Waals surface area contributed by atoms with Crippen molar-refractivity contribution in [2.45, 2.75) is 38.1 Å². The van der Waals surface area contributed by atoms with E-state index in [1.54, 1.807) is 6.92 Å². The third-order valence-corrected chi connectivity index (χ3v) is 7.81. The van der Waals surface area contributed by atoms with E-state index in [-0.39, 0.29) is 29.7 Å². The maximum Gasteiger partial charge on any atom is 0.253 e. The first kappa shape index (κ1) is 22.9. The molecule has 0 saturated carbocycles. The molecule has 3 heterocycles. The van der Waals surface area contributed by atoms with Crippen LogP contribution in [-0.4, -0.2) is 78.4 Å². The van der Waals surface area contributed by atoms with E-state index in [0.717, 1.165) is 38.3 Å². The Balaban J connectivity index is 1.26. The monoisotopic (exact) mass is 461 g/mol. The first-order valence-electron chi connectivity index (χ1n) is 12.7. The van der Waals surface area contributed by atoms with E-state index >= 15 is 0 Å². The van der Waals surface area contributed by atoms with Gasteiger partial charge in [0.1, 0.15) is 12.4 Å². The molecule has 0 N–H and O–H groups in total. The van der Waals surface area contributed by atoms with Gasteiger partial charge in [0, 0.05) is 56.5 Å². The highest BCUT2D eigenvalue weighted by molar-refractivity contribution is 5.94. The summed E-state index contributed by atoms with van der Waals surface area (Å²) in [4.78, 5) is 32.2. The molecule has 6 heteroatoms. The zero-order chi connectivity index (χ0) is 23.5. The van der Waals surface area contributed by atoms with E-state index in [1.165, 1.54) is 18.4 Å². The molecule has 2 aromatic rings. The fourth-order valence-electron chi connectivity index (χ4n) is 6.03. The summed E-state index contributed by atoms with van der Waals surface area (Å²) < 4.78 is 5.97. The number of likely N-dealkylation sites (tertiary alicyclic amines) is 3. The molecule has 3 fully saturated rings. The van der Waals surface area contributed by atoms with Crippen LogP contribution in [0, 0.1) is 5.92 Å². The van der Waals surface area contributed by atoms with Crippen molar-refractivity contribution < 1.29 is 14.3 Å². The zero-order valence-electron chi connectivity index (χ0n) is 20.1. The quantitative estimate of drug-likeness (QED) is 0.659. The van der Waals surface area contributed by atoms with Crippen LogP contribution in [0.4, 0.5) is 0 Å². The van der Waals surface area contributed by atoms with Crippen LogP contribution in [0.5, 0.6) is 5.75 Å². The molecule has 5 rings (SSSR count). The number of ether oxygens (including phenoxy) is 1. The highest BCUT2D eigenvalue weighted by Crippen LogP contribution is 2.41. The molecule has 0 radical (unpaired) electrons. The summed E-state index contributed by atoms with van der Waals surface area (Å²) in [6.45, 7) is 7.63. The van der Waals surface area contributed by atoms with Crippen molar-refractivity contribution in [1.29, 1.82) is 0 Å². The summed E-state index contributed by atoms with van der Waals surface area (Å²) in [5.74, 6) is 1.45. The van der Waals surface area contributed by atoms with E-state index in [0.29, 0.717) is 25.3 Å². The lowest BCUT2D eigenvalue weighted by molar-refractivity contribution is -0.130. The molecule has 3 saturated heterocycles. The van der Waals surface area contributed by atoms with Crippen molar-refractivity contribution in [2.24, 2.45) is 5.92 Å². The van der Waals surface area contributed by atoms with E-state index in [1.807, 2.05) is 40.1 Å². The summed E-state index contributed by atoms with van der Waals surface area (Å²) in [7, 11) is 0. The molecule has 2 amide bonds. The number of hydrogen-bond donors (Lipinski definition) is 0. The summed E-state index contributed by atoms with van der Waals surface area (Å²) in [6, 6.07) is 18.2. The standard InChI is InChI=1S/C28H35N3O3/c1-21(32)31-20-25(22-8-3-2-4-9-22)26-19-30(15-12-27(26)31)28(33)23-10-7-11-24(18-23)34-17-16-29-13-5-6-14-29/h2-4,7-11,18,25-27H,5-6,12-17,19-20H2,1H3/t25-,26-,27-/m1/s1. The van der Waals surface area contributed by atoms with Gasteiger partial charge in [-0.2, -0.15) is 0 Å². The Morgan fingerprint density at radius 1 is 0.971 bits per heavy atom. The van der Waals surface area contributed by atoms with E-state index in [4.69, 9.17) is 4.74 Å². The molecule has 0 aliphatic carbocycles. The lowest BCUT2D eigenvalue weighted by Crippen LogP contribution is -2.49. The molecule has 3 aliphatic heterocycles. The van der Waals surface area contributed by atoms with Crippen molar-refractivity contribution in [1.82, 2.24) is 14.7 Å². The van der Waals surface area contributed by atoms with E-state index < -0.39 is 0 Å². The van der Waals surface area contributed by atoms with Crippen LogP contribution >= 0.6 is 0 Å². The molecule has 6 nitrogen and oxygen atoms in total. The van der Waals surface area contributed by atoms with Crippen molar-refractivity contribution in [3.8, 4) is 5.75 Å². The highest BCUT2D eigenvalue weighted by atomic mass is 16.5. The molecule has 3 atom stereocenters. The number of hydrogen-bond acceptors (Lipinski definition) is 4. The Kier molecular flexibility index (Phi) is 6.86. The van der Waals surface area contributed by atoms with Gasteiger partial charge in [-0.25, -0.2) is 0 Å². The normalized spacial score (nSPS) is 24.8. The molecule has 2 aromatic carbocycles. The molecule has 0 aromatic heterocycles. The van der Waals surface area contributed by atoms with Crippen molar-refractivity contribution >= 4 is 11.8 Å². The smallest absolute Gasteiger partial charge is 0.253 e. The van der Waals surface area contributed by atoms with Crippen LogP contribution in [0.25, 0.3) is 0 Å². The van der Waals surface area contributed by atoms with Gasteiger partial charge >= 0.3 is 0 Å². The summed E-state index contributed by atoms with van der Waals surface area (Å²) in [5.41, 5.74) is 1.93. The van der Waals surface area contributed by atoms with Gasteiger partial charge in [0.15, 0.2) is 0 Å². The Bertz CT molecular complexity index is 1000. The average molecular weight is 462 g/mol. The second-order valence-electron chi connectivity index (χ2n) is 9.88. The van der Waals surface area contributed by atoms with Crippen LogP contribution in [0.15, 0.2) is 54.6 Å². The van der Waals surface area contributed by atoms with Gasteiger partial charge in [-0.3, -0.25) is 14.5 Å². The molecule has 0 bridgehead atoms. The van der Waals surface area contributed by atoms with Crippen molar-refractivity contribution in [3.05, 3.63) is 65.7 Å². The SMILES string of the molecule is CC(=O)N1C[C@H](c2ccccc2)[C@H]2CN(C(=O)c3cccc(OCCN4CCCC4)c3)CC[C@H]21. The minimum atomic E-state index is 0.0523. The predicted molar refractivity (Wildman–Crippen MR) is 132 cm³/mol. The molecule has 0 spiro atoms.